The van der Waals surface area contributed by atoms with Gasteiger partial charge in [-0.15, -0.1) is 0 Å². The molecule has 1 saturated carbocycles. The van der Waals surface area contributed by atoms with Gasteiger partial charge >= 0.3 is 0 Å². The van der Waals surface area contributed by atoms with Crippen LogP contribution in [0.2, 0.25) is 0 Å². The maximum absolute atomic E-state index is 11.7. The van der Waals surface area contributed by atoms with Crippen molar-refractivity contribution < 1.29 is 9.53 Å². The summed E-state index contributed by atoms with van der Waals surface area (Å²) in [7, 11) is 1.68. The molecule has 5 aromatic rings. The molecule has 0 unspecified atom stereocenters. The Bertz CT molecular complexity index is 1780. The maximum atomic E-state index is 11.7. The van der Waals surface area contributed by atoms with Crippen LogP contribution in [-0.2, 0) is 11.2 Å². The van der Waals surface area contributed by atoms with E-state index < -0.39 is 0 Å². The summed E-state index contributed by atoms with van der Waals surface area (Å²) in [4.78, 5) is 33.5. The van der Waals surface area contributed by atoms with Crippen LogP contribution in [0.5, 0.6) is 5.75 Å². The zero-order valence-electron chi connectivity index (χ0n) is 24.7. The zero-order chi connectivity index (χ0) is 29.5. The quantitative estimate of drug-likeness (QED) is 0.306. The molecule has 0 bridgehead atoms. The Kier molecular flexibility index (Phi) is 7.18. The van der Waals surface area contributed by atoms with Crippen molar-refractivity contribution in [3.8, 4) is 17.0 Å². The molecular formula is C32H37N9O2. The number of nitrogen functional groups attached to an aromatic ring is 1. The van der Waals surface area contributed by atoms with Crippen molar-refractivity contribution in [2.75, 3.05) is 39.0 Å². The minimum Gasteiger partial charge on any atom is -0.497 e. The number of nitrogens with one attached hydrogen (secondary N) is 1. The predicted octanol–water partition coefficient (Wildman–Crippen LogP) is 4.20. The number of ether oxygens (including phenoxy) is 1. The summed E-state index contributed by atoms with van der Waals surface area (Å²) >= 11 is 0. The van der Waals surface area contributed by atoms with Crippen LogP contribution < -0.4 is 10.5 Å². The number of piperazine rings is 1. The molecule has 0 atom stereocenters. The van der Waals surface area contributed by atoms with Crippen molar-refractivity contribution in [3.05, 3.63) is 60.2 Å². The van der Waals surface area contributed by atoms with E-state index in [9.17, 15) is 4.79 Å². The Labute approximate surface area is 250 Å². The highest BCUT2D eigenvalue weighted by Gasteiger charge is 2.31. The van der Waals surface area contributed by atoms with Crippen molar-refractivity contribution in [1.29, 1.82) is 0 Å². The molecule has 3 aromatic heterocycles. The van der Waals surface area contributed by atoms with Crippen molar-refractivity contribution in [1.82, 2.24) is 39.5 Å². The lowest BCUT2D eigenvalue weighted by atomic mass is 9.90. The van der Waals surface area contributed by atoms with E-state index in [2.05, 4.69) is 42.7 Å². The molecule has 2 aliphatic rings. The van der Waals surface area contributed by atoms with Gasteiger partial charge in [-0.05, 0) is 55.5 Å². The van der Waals surface area contributed by atoms with Crippen LogP contribution in [0.3, 0.4) is 0 Å². The summed E-state index contributed by atoms with van der Waals surface area (Å²) in [5.41, 5.74) is 11.9. The summed E-state index contributed by atoms with van der Waals surface area (Å²) < 4.78 is 7.46. The molecule has 11 nitrogen and oxygen atoms in total. The normalized spacial score (nSPS) is 19.7. The smallest absolute Gasteiger partial charge is 0.219 e. The first-order chi connectivity index (χ1) is 21.0. The fourth-order valence-corrected chi connectivity index (χ4v) is 6.79. The van der Waals surface area contributed by atoms with E-state index >= 15 is 0 Å². The average molecular weight is 580 g/mol. The standard InChI is InChI=1S/C32H37N9O2/c1-20(42)39-12-14-40(15-13-39)23-7-9-24(10-8-23)41-32-29(31(33)34-19-35-32)30(38-41)22-6-11-26-27(18-22)37-28(36-26)17-21-4-3-5-25(16-21)43-2/h3-6,11,16,18-19,23-24H,7-10,12-15,17H2,1-2H3,(H,36,37)(H2,33,34,35)/t23-,24-. The zero-order valence-corrected chi connectivity index (χ0v) is 24.7. The molecular weight excluding hydrogens is 542 g/mol. The maximum Gasteiger partial charge on any atom is 0.219 e. The summed E-state index contributed by atoms with van der Waals surface area (Å²) in [6.07, 6.45) is 6.43. The number of methoxy groups -OCH3 is 1. The summed E-state index contributed by atoms with van der Waals surface area (Å²) in [6.45, 7) is 5.20. The molecule has 7 rings (SSSR count). The summed E-state index contributed by atoms with van der Waals surface area (Å²) in [6, 6.07) is 15.0. The molecule has 222 valence electrons. The number of carbonyl (C=O) groups is 1. The van der Waals surface area contributed by atoms with E-state index in [1.807, 2.05) is 29.2 Å². The number of H-pyrrole nitrogens is 1. The number of anilines is 1. The van der Waals surface area contributed by atoms with Gasteiger partial charge in [-0.2, -0.15) is 5.10 Å². The van der Waals surface area contributed by atoms with Crippen LogP contribution in [0.1, 0.15) is 50.0 Å². The number of amides is 1. The molecule has 4 heterocycles. The molecule has 1 saturated heterocycles. The Hall–Kier alpha value is -4.51. The van der Waals surface area contributed by atoms with Crippen LogP contribution in [0.4, 0.5) is 5.82 Å². The third-order valence-corrected chi connectivity index (χ3v) is 9.12. The first kappa shape index (κ1) is 27.3. The second-order valence-corrected chi connectivity index (χ2v) is 11.7. The van der Waals surface area contributed by atoms with E-state index in [0.717, 1.165) is 102 Å². The highest BCUT2D eigenvalue weighted by molar-refractivity contribution is 5.99. The fourth-order valence-electron chi connectivity index (χ4n) is 6.79. The van der Waals surface area contributed by atoms with Crippen molar-refractivity contribution in [2.24, 2.45) is 0 Å². The first-order valence-electron chi connectivity index (χ1n) is 15.1. The summed E-state index contributed by atoms with van der Waals surface area (Å²) in [5.74, 6) is 2.33. The Balaban J connectivity index is 1.13. The van der Waals surface area contributed by atoms with E-state index in [1.54, 1.807) is 14.0 Å². The minimum absolute atomic E-state index is 0.173. The van der Waals surface area contributed by atoms with Crippen LogP contribution >= 0.6 is 0 Å². The van der Waals surface area contributed by atoms with Gasteiger partial charge in [0.2, 0.25) is 5.91 Å². The van der Waals surface area contributed by atoms with Gasteiger partial charge in [0.1, 0.15) is 29.4 Å². The number of fused-ring (bicyclic) bond motifs is 2. The molecule has 1 amide bonds. The highest BCUT2D eigenvalue weighted by Crippen LogP contribution is 2.37. The molecule has 1 aliphatic carbocycles. The lowest BCUT2D eigenvalue weighted by molar-refractivity contribution is -0.131. The SMILES string of the molecule is COc1cccc(Cc2nc3ccc(-c4nn([C@H]5CC[C@H](N6CCN(C(C)=O)CC6)CC5)c5ncnc(N)c45)cc3[nH]2)c1. The number of rotatable bonds is 6. The largest absolute Gasteiger partial charge is 0.497 e. The number of nitrogens with zero attached hydrogens (tertiary/aromatic N) is 7. The topological polar surface area (TPSA) is 131 Å². The van der Waals surface area contributed by atoms with Gasteiger partial charge in [0, 0.05) is 51.1 Å². The third kappa shape index (κ3) is 5.29. The highest BCUT2D eigenvalue weighted by atomic mass is 16.5. The van der Waals surface area contributed by atoms with Crippen molar-refractivity contribution in [3.63, 3.8) is 0 Å². The number of hydrogen-bond donors (Lipinski definition) is 2. The van der Waals surface area contributed by atoms with Crippen molar-refractivity contribution >= 4 is 33.8 Å². The average Bonchev–Trinajstić information content (AvgIpc) is 3.63. The Morgan fingerprint density at radius 1 is 1.02 bits per heavy atom. The van der Waals surface area contributed by atoms with E-state index in [-0.39, 0.29) is 11.9 Å². The van der Waals surface area contributed by atoms with Crippen LogP contribution in [0, 0.1) is 0 Å². The van der Waals surface area contributed by atoms with Gasteiger partial charge in [0.15, 0.2) is 5.65 Å². The first-order valence-corrected chi connectivity index (χ1v) is 15.1. The monoisotopic (exact) mass is 579 g/mol. The van der Waals surface area contributed by atoms with Gasteiger partial charge in [-0.3, -0.25) is 9.69 Å². The third-order valence-electron chi connectivity index (χ3n) is 9.12. The number of hydrogen-bond acceptors (Lipinski definition) is 8. The van der Waals surface area contributed by atoms with Gasteiger partial charge in [0.05, 0.1) is 29.6 Å². The molecule has 2 fully saturated rings. The van der Waals surface area contributed by atoms with Crippen LogP contribution in [0.25, 0.3) is 33.3 Å². The van der Waals surface area contributed by atoms with E-state index in [1.165, 1.54) is 6.33 Å². The molecule has 3 N–H and O–H groups in total. The lowest BCUT2D eigenvalue weighted by Gasteiger charge is -2.41. The lowest BCUT2D eigenvalue weighted by Crippen LogP contribution is -2.52. The second kappa shape index (κ2) is 11.3. The molecule has 2 aromatic carbocycles. The van der Waals surface area contributed by atoms with Gasteiger partial charge < -0.3 is 20.4 Å². The molecule has 43 heavy (non-hydrogen) atoms. The molecule has 0 spiro atoms. The number of imidazole rings is 1. The van der Waals surface area contributed by atoms with E-state index in [0.29, 0.717) is 18.3 Å². The summed E-state index contributed by atoms with van der Waals surface area (Å²) in [5, 5.41) is 5.93. The van der Waals surface area contributed by atoms with Crippen LogP contribution in [-0.4, -0.2) is 84.8 Å². The van der Waals surface area contributed by atoms with Gasteiger partial charge in [-0.25, -0.2) is 19.6 Å². The molecule has 11 heteroatoms. The predicted molar refractivity (Wildman–Crippen MR) is 166 cm³/mol. The number of carbonyl (C=O) groups excluding carboxylic acids is 1. The fraction of sp³-hybridized carbons (Fsp3) is 0.406. The van der Waals surface area contributed by atoms with E-state index in [4.69, 9.17) is 20.6 Å². The number of benzene rings is 2. The van der Waals surface area contributed by atoms with Gasteiger partial charge in [-0.1, -0.05) is 18.2 Å². The Morgan fingerprint density at radius 3 is 2.58 bits per heavy atom. The van der Waals surface area contributed by atoms with Gasteiger partial charge in [0.25, 0.3) is 0 Å². The number of aromatic nitrogens is 6. The number of nitrogens with two attached hydrogens (primary N) is 1. The molecule has 0 radical (unpaired) electrons. The van der Waals surface area contributed by atoms with Crippen molar-refractivity contribution in [2.45, 2.75) is 51.1 Å². The van der Waals surface area contributed by atoms with Crippen LogP contribution in [0.15, 0.2) is 48.8 Å². The Morgan fingerprint density at radius 2 is 1.81 bits per heavy atom. The molecule has 1 aliphatic heterocycles. The minimum atomic E-state index is 0.173. The second-order valence-electron chi connectivity index (χ2n) is 11.7. The number of aromatic amines is 1.